The zero-order chi connectivity index (χ0) is 15.6. The Bertz CT molecular complexity index is 702. The monoisotopic (exact) mass is 289 g/mol. The molecule has 0 saturated heterocycles. The minimum Gasteiger partial charge on any atom is -0.409 e. The second-order valence-electron chi connectivity index (χ2n) is 5.54. The fraction of sp³-hybridized carbons (Fsp3) is 0.357. The van der Waals surface area contributed by atoms with E-state index in [0.29, 0.717) is 5.69 Å². The number of aromatic nitrogens is 2. The van der Waals surface area contributed by atoms with E-state index >= 15 is 0 Å². The average molecular weight is 289 g/mol. The third-order valence-corrected chi connectivity index (χ3v) is 3.46. The number of carbonyl (C=O) groups excluding carboxylic acids is 1. The van der Waals surface area contributed by atoms with Gasteiger partial charge in [-0.2, -0.15) is 5.10 Å². The molecule has 1 amide bonds. The molecule has 1 heterocycles. The summed E-state index contributed by atoms with van der Waals surface area (Å²) in [6.45, 7) is 3.80. The molecule has 0 fully saturated rings. The Labute approximate surface area is 122 Å². The number of nitrogens with two attached hydrogens (primary N) is 1. The lowest BCUT2D eigenvalue weighted by Crippen LogP contribution is -2.42. The average Bonchev–Trinajstić information content (AvgIpc) is 2.82. The number of para-hydroxylation sites is 1. The van der Waals surface area contributed by atoms with Gasteiger partial charge in [0.2, 0.25) is 0 Å². The van der Waals surface area contributed by atoms with Crippen molar-refractivity contribution in [2.45, 2.75) is 13.8 Å². The third-order valence-electron chi connectivity index (χ3n) is 3.46. The van der Waals surface area contributed by atoms with Crippen molar-refractivity contribution in [3.05, 3.63) is 30.0 Å². The van der Waals surface area contributed by atoms with Crippen LogP contribution in [0.5, 0.6) is 0 Å². The lowest BCUT2D eigenvalue weighted by molar-refractivity contribution is 0.0940. The summed E-state index contributed by atoms with van der Waals surface area (Å²) in [5.41, 5.74) is 6.21. The van der Waals surface area contributed by atoms with E-state index in [0.717, 1.165) is 10.9 Å². The predicted octanol–water partition coefficient (Wildman–Crippen LogP) is 1.08. The number of nitrogens with one attached hydrogen (secondary N) is 1. The topological polar surface area (TPSA) is 106 Å². The molecule has 2 aromatic rings. The van der Waals surface area contributed by atoms with Gasteiger partial charge in [0.1, 0.15) is 5.84 Å². The van der Waals surface area contributed by atoms with Gasteiger partial charge in [-0.05, 0) is 6.07 Å². The zero-order valence-electron chi connectivity index (χ0n) is 12.3. The molecule has 0 saturated carbocycles. The van der Waals surface area contributed by atoms with Gasteiger partial charge in [0, 0.05) is 24.4 Å². The van der Waals surface area contributed by atoms with Gasteiger partial charge in [-0.15, -0.1) is 0 Å². The summed E-state index contributed by atoms with van der Waals surface area (Å²) < 4.78 is 1.67. The SMILES string of the molecule is Cn1nc(C(=O)NCC(C)(C)/C(N)=N/O)c2ccccc21. The molecule has 2 rings (SSSR count). The molecular formula is C14H19N5O2. The number of carbonyl (C=O) groups is 1. The molecule has 4 N–H and O–H groups in total. The maximum atomic E-state index is 12.3. The van der Waals surface area contributed by atoms with Crippen LogP contribution in [0.4, 0.5) is 0 Å². The van der Waals surface area contributed by atoms with Crippen LogP contribution >= 0.6 is 0 Å². The molecule has 0 unspecified atom stereocenters. The van der Waals surface area contributed by atoms with Crippen molar-refractivity contribution in [2.24, 2.45) is 23.4 Å². The van der Waals surface area contributed by atoms with Crippen LogP contribution in [-0.2, 0) is 7.05 Å². The Balaban J connectivity index is 2.21. The summed E-state index contributed by atoms with van der Waals surface area (Å²) >= 11 is 0. The van der Waals surface area contributed by atoms with Crippen molar-refractivity contribution >= 4 is 22.6 Å². The number of benzene rings is 1. The van der Waals surface area contributed by atoms with Crippen molar-refractivity contribution in [1.29, 1.82) is 0 Å². The Morgan fingerprint density at radius 2 is 2.14 bits per heavy atom. The minimum absolute atomic E-state index is 0.0636. The van der Waals surface area contributed by atoms with Crippen molar-refractivity contribution < 1.29 is 10.0 Å². The van der Waals surface area contributed by atoms with Crippen LogP contribution < -0.4 is 11.1 Å². The van der Waals surface area contributed by atoms with Crippen LogP contribution in [0.1, 0.15) is 24.3 Å². The van der Waals surface area contributed by atoms with Crippen LogP contribution in [0, 0.1) is 5.41 Å². The van der Waals surface area contributed by atoms with Gasteiger partial charge < -0.3 is 16.3 Å². The Morgan fingerprint density at radius 1 is 1.48 bits per heavy atom. The fourth-order valence-corrected chi connectivity index (χ4v) is 1.99. The molecule has 0 atom stereocenters. The largest absolute Gasteiger partial charge is 0.409 e. The highest BCUT2D eigenvalue weighted by Gasteiger charge is 2.25. The molecule has 0 bridgehead atoms. The molecule has 0 spiro atoms. The van der Waals surface area contributed by atoms with E-state index in [-0.39, 0.29) is 18.3 Å². The van der Waals surface area contributed by atoms with Crippen LogP contribution in [0.3, 0.4) is 0 Å². The number of aryl methyl sites for hydroxylation is 1. The van der Waals surface area contributed by atoms with Crippen molar-refractivity contribution in [3.63, 3.8) is 0 Å². The van der Waals surface area contributed by atoms with Gasteiger partial charge in [-0.1, -0.05) is 37.2 Å². The van der Waals surface area contributed by atoms with Gasteiger partial charge in [0.25, 0.3) is 5.91 Å². The summed E-state index contributed by atoms with van der Waals surface area (Å²) in [5.74, 6) is -0.223. The third kappa shape index (κ3) is 2.81. The molecule has 21 heavy (non-hydrogen) atoms. The van der Waals surface area contributed by atoms with E-state index in [2.05, 4.69) is 15.6 Å². The number of oxime groups is 1. The smallest absolute Gasteiger partial charge is 0.272 e. The molecule has 0 radical (unpaired) electrons. The number of fused-ring (bicyclic) bond motifs is 1. The second-order valence-corrected chi connectivity index (χ2v) is 5.54. The summed E-state index contributed by atoms with van der Waals surface area (Å²) in [6.07, 6.45) is 0. The van der Waals surface area contributed by atoms with E-state index in [1.54, 1.807) is 25.6 Å². The predicted molar refractivity (Wildman–Crippen MR) is 80.2 cm³/mol. The van der Waals surface area contributed by atoms with Crippen LogP contribution in [-0.4, -0.2) is 33.3 Å². The van der Waals surface area contributed by atoms with Crippen molar-refractivity contribution in [2.75, 3.05) is 6.54 Å². The Morgan fingerprint density at radius 3 is 2.81 bits per heavy atom. The van der Waals surface area contributed by atoms with Crippen molar-refractivity contribution in [1.82, 2.24) is 15.1 Å². The number of amidine groups is 1. The molecule has 7 nitrogen and oxygen atoms in total. The highest BCUT2D eigenvalue weighted by molar-refractivity contribution is 6.05. The van der Waals surface area contributed by atoms with E-state index in [1.165, 1.54) is 0 Å². The summed E-state index contributed by atoms with van der Waals surface area (Å²) in [7, 11) is 1.79. The van der Waals surface area contributed by atoms with Gasteiger partial charge in [0.15, 0.2) is 5.69 Å². The highest BCUT2D eigenvalue weighted by atomic mass is 16.4. The van der Waals surface area contributed by atoms with Crippen molar-refractivity contribution in [3.8, 4) is 0 Å². The first-order chi connectivity index (χ1) is 9.86. The standard InChI is InChI=1S/C14H19N5O2/c1-14(2,13(15)18-21)8-16-12(20)11-9-6-4-5-7-10(9)19(3)17-11/h4-7,21H,8H2,1-3H3,(H2,15,18)(H,16,20). The lowest BCUT2D eigenvalue weighted by atomic mass is 9.92. The van der Waals surface area contributed by atoms with Gasteiger partial charge >= 0.3 is 0 Å². The molecular weight excluding hydrogens is 270 g/mol. The van der Waals surface area contributed by atoms with Gasteiger partial charge in [-0.25, -0.2) is 0 Å². The minimum atomic E-state index is -0.644. The lowest BCUT2D eigenvalue weighted by Gasteiger charge is -2.22. The van der Waals surface area contributed by atoms with E-state index in [1.807, 2.05) is 24.3 Å². The number of amides is 1. The molecule has 7 heteroatoms. The van der Waals surface area contributed by atoms with Gasteiger partial charge in [0.05, 0.1) is 5.52 Å². The number of hydrogen-bond donors (Lipinski definition) is 3. The van der Waals surface area contributed by atoms with Gasteiger partial charge in [-0.3, -0.25) is 9.48 Å². The van der Waals surface area contributed by atoms with Crippen LogP contribution in [0.25, 0.3) is 10.9 Å². The quantitative estimate of drug-likeness (QED) is 0.339. The summed E-state index contributed by atoms with van der Waals surface area (Å²) in [5, 5.41) is 19.5. The van der Waals surface area contributed by atoms with Crippen LogP contribution in [0.15, 0.2) is 29.4 Å². The van der Waals surface area contributed by atoms with Crippen LogP contribution in [0.2, 0.25) is 0 Å². The second kappa shape index (κ2) is 5.43. The molecule has 1 aromatic carbocycles. The molecule has 0 aliphatic heterocycles. The highest BCUT2D eigenvalue weighted by Crippen LogP contribution is 2.18. The number of rotatable bonds is 4. The Hall–Kier alpha value is -2.57. The number of hydrogen-bond acceptors (Lipinski definition) is 4. The number of nitrogens with zero attached hydrogens (tertiary/aromatic N) is 3. The van der Waals surface area contributed by atoms with E-state index in [9.17, 15) is 4.79 Å². The Kier molecular flexibility index (Phi) is 3.84. The molecule has 0 aliphatic carbocycles. The maximum Gasteiger partial charge on any atom is 0.272 e. The molecule has 112 valence electrons. The normalized spacial score (nSPS) is 12.6. The van der Waals surface area contributed by atoms with E-state index in [4.69, 9.17) is 10.9 Å². The first-order valence-corrected chi connectivity index (χ1v) is 6.55. The maximum absolute atomic E-state index is 12.3. The fourth-order valence-electron chi connectivity index (χ4n) is 1.99. The summed E-state index contributed by atoms with van der Waals surface area (Å²) in [6, 6.07) is 7.51. The van der Waals surface area contributed by atoms with E-state index < -0.39 is 5.41 Å². The first-order valence-electron chi connectivity index (χ1n) is 6.55. The first kappa shape index (κ1) is 14.8. The molecule has 0 aliphatic rings. The molecule has 1 aromatic heterocycles. The zero-order valence-corrected chi connectivity index (χ0v) is 12.3. The summed E-state index contributed by atoms with van der Waals surface area (Å²) in [4.78, 5) is 12.3.